The maximum Gasteiger partial charge on any atom is 0.325 e. The highest BCUT2D eigenvalue weighted by atomic mass is 16.5. The van der Waals surface area contributed by atoms with Gasteiger partial charge in [-0.05, 0) is 44.4 Å². The van der Waals surface area contributed by atoms with Crippen LogP contribution in [0.4, 0.5) is 4.79 Å². The summed E-state index contributed by atoms with van der Waals surface area (Å²) in [6, 6.07) is 6.52. The Balaban J connectivity index is 1.49. The lowest BCUT2D eigenvalue weighted by Crippen LogP contribution is -2.56. The van der Waals surface area contributed by atoms with Gasteiger partial charge in [0.05, 0.1) is 18.7 Å². The first kappa shape index (κ1) is 20.7. The first-order chi connectivity index (χ1) is 14.5. The molecule has 162 valence electrons. The monoisotopic (exact) mass is 414 g/mol. The van der Waals surface area contributed by atoms with Crippen LogP contribution >= 0.6 is 0 Å². The molecule has 0 unspecified atom stereocenters. The second kappa shape index (κ2) is 8.26. The van der Waals surface area contributed by atoms with Crippen LogP contribution in [-0.4, -0.2) is 84.0 Å². The average Bonchev–Trinajstić information content (AvgIpc) is 3.02. The molecule has 4 rings (SSSR count). The second-order valence-corrected chi connectivity index (χ2v) is 8.37. The normalized spacial score (nSPS) is 24.3. The minimum absolute atomic E-state index is 0.125. The lowest BCUT2D eigenvalue weighted by Gasteiger charge is -2.39. The smallest absolute Gasteiger partial charge is 0.325 e. The molecule has 1 spiro atoms. The summed E-state index contributed by atoms with van der Waals surface area (Å²) >= 11 is 0. The molecule has 8 heteroatoms. The Labute approximate surface area is 177 Å². The van der Waals surface area contributed by atoms with Gasteiger partial charge >= 0.3 is 6.03 Å². The zero-order chi connectivity index (χ0) is 21.3. The van der Waals surface area contributed by atoms with E-state index in [1.165, 1.54) is 4.90 Å². The van der Waals surface area contributed by atoms with Crippen LogP contribution in [0.3, 0.4) is 0 Å². The fourth-order valence-electron chi connectivity index (χ4n) is 4.90. The van der Waals surface area contributed by atoms with E-state index in [0.29, 0.717) is 43.7 Å². The van der Waals surface area contributed by atoms with E-state index < -0.39 is 5.54 Å². The molecule has 3 heterocycles. The van der Waals surface area contributed by atoms with Crippen LogP contribution in [0.25, 0.3) is 0 Å². The first-order valence-corrected chi connectivity index (χ1v) is 10.8. The Kier molecular flexibility index (Phi) is 5.69. The highest BCUT2D eigenvalue weighted by Gasteiger charge is 2.54. The summed E-state index contributed by atoms with van der Waals surface area (Å²) in [5, 5.41) is 2.99. The third kappa shape index (κ3) is 3.53. The number of nitrogens with one attached hydrogen (secondary N) is 1. The Hall–Kier alpha value is -2.61. The number of likely N-dealkylation sites (tertiary alicyclic amines) is 2. The number of carbonyl (C=O) groups is 3. The van der Waals surface area contributed by atoms with Gasteiger partial charge in [-0.1, -0.05) is 19.1 Å². The molecule has 1 atom stereocenters. The summed E-state index contributed by atoms with van der Waals surface area (Å²) in [4.78, 5) is 44.7. The maximum absolute atomic E-state index is 13.3. The van der Waals surface area contributed by atoms with Crippen molar-refractivity contribution in [2.75, 3.05) is 39.8 Å². The van der Waals surface area contributed by atoms with Crippen molar-refractivity contribution >= 4 is 17.8 Å². The van der Waals surface area contributed by atoms with Crippen molar-refractivity contribution in [3.63, 3.8) is 0 Å². The number of hydrogen-bond donors (Lipinski definition) is 1. The number of urea groups is 1. The number of nitrogens with zero attached hydrogens (tertiary/aromatic N) is 3. The molecule has 1 aromatic carbocycles. The number of amides is 4. The third-order valence-electron chi connectivity index (χ3n) is 6.74. The number of hydrogen-bond acceptors (Lipinski definition) is 5. The van der Waals surface area contributed by atoms with Crippen molar-refractivity contribution < 1.29 is 19.1 Å². The number of carbonyl (C=O) groups excluding carboxylic acids is 3. The fraction of sp³-hybridized carbons (Fsp3) is 0.591. The quantitative estimate of drug-likeness (QED) is 0.759. The molecule has 3 fully saturated rings. The van der Waals surface area contributed by atoms with Crippen LogP contribution in [0.2, 0.25) is 0 Å². The molecule has 1 N–H and O–H groups in total. The van der Waals surface area contributed by atoms with E-state index in [0.717, 1.165) is 26.1 Å². The van der Waals surface area contributed by atoms with Gasteiger partial charge in [0.2, 0.25) is 0 Å². The number of para-hydroxylation sites is 1. The molecule has 3 aliphatic heterocycles. The molecule has 0 saturated carbocycles. The Morgan fingerprint density at radius 3 is 2.63 bits per heavy atom. The van der Waals surface area contributed by atoms with Gasteiger partial charge in [-0.15, -0.1) is 0 Å². The summed E-state index contributed by atoms with van der Waals surface area (Å²) in [6.45, 7) is 5.62. The SMILES string of the molecule is CCN1CCC2(CC1)NC(=O)N([C@@H]1CCCN(C(=O)c3ccccc3OC)C1)C2=O. The van der Waals surface area contributed by atoms with Gasteiger partial charge in [-0.25, -0.2) is 4.79 Å². The largest absolute Gasteiger partial charge is 0.496 e. The number of benzene rings is 1. The van der Waals surface area contributed by atoms with Crippen molar-refractivity contribution in [1.82, 2.24) is 20.0 Å². The summed E-state index contributed by atoms with van der Waals surface area (Å²) in [5.74, 6) is 0.274. The van der Waals surface area contributed by atoms with Gasteiger partial charge in [0, 0.05) is 26.2 Å². The average molecular weight is 415 g/mol. The molecule has 0 radical (unpaired) electrons. The number of imide groups is 1. The Morgan fingerprint density at radius 1 is 1.20 bits per heavy atom. The van der Waals surface area contributed by atoms with E-state index in [4.69, 9.17) is 4.74 Å². The second-order valence-electron chi connectivity index (χ2n) is 8.37. The maximum atomic E-state index is 13.3. The van der Waals surface area contributed by atoms with Crippen molar-refractivity contribution in [2.45, 2.75) is 44.2 Å². The number of methoxy groups -OCH3 is 1. The van der Waals surface area contributed by atoms with Crippen LogP contribution in [0.5, 0.6) is 5.75 Å². The molecule has 0 bridgehead atoms. The number of ether oxygens (including phenoxy) is 1. The van der Waals surface area contributed by atoms with Gasteiger partial charge in [0.15, 0.2) is 0 Å². The van der Waals surface area contributed by atoms with Crippen LogP contribution in [-0.2, 0) is 4.79 Å². The molecule has 3 aliphatic rings. The molecule has 0 aliphatic carbocycles. The standard InChI is InChI=1S/C22H30N4O4/c1-3-24-13-10-22(11-14-24)20(28)26(21(29)23-22)16-7-6-12-25(15-16)19(27)17-8-4-5-9-18(17)30-2/h4-5,8-9,16H,3,6-7,10-15H2,1-2H3,(H,23,29)/t16-/m1/s1. The van der Waals surface area contributed by atoms with Crippen LogP contribution in [0, 0.1) is 0 Å². The van der Waals surface area contributed by atoms with Gasteiger partial charge in [0.1, 0.15) is 11.3 Å². The van der Waals surface area contributed by atoms with E-state index in [1.54, 1.807) is 30.2 Å². The van der Waals surface area contributed by atoms with Crippen LogP contribution < -0.4 is 10.1 Å². The molecule has 1 aromatic rings. The number of piperidine rings is 2. The highest BCUT2D eigenvalue weighted by molar-refractivity contribution is 6.07. The van der Waals surface area contributed by atoms with Gasteiger partial charge in [0.25, 0.3) is 11.8 Å². The van der Waals surface area contributed by atoms with Crippen LogP contribution in [0.1, 0.15) is 43.0 Å². The molecule has 30 heavy (non-hydrogen) atoms. The summed E-state index contributed by atoms with van der Waals surface area (Å²) in [6.07, 6.45) is 2.74. The zero-order valence-electron chi connectivity index (χ0n) is 17.7. The number of rotatable bonds is 4. The summed E-state index contributed by atoms with van der Waals surface area (Å²) < 4.78 is 5.33. The van der Waals surface area contributed by atoms with Crippen LogP contribution in [0.15, 0.2) is 24.3 Å². The Bertz CT molecular complexity index is 834. The first-order valence-electron chi connectivity index (χ1n) is 10.8. The van der Waals surface area contributed by atoms with Crippen molar-refractivity contribution in [3.05, 3.63) is 29.8 Å². The molecule has 0 aromatic heterocycles. The highest BCUT2D eigenvalue weighted by Crippen LogP contribution is 2.32. The molecule has 4 amide bonds. The predicted octanol–water partition coefficient (Wildman–Crippen LogP) is 1.71. The predicted molar refractivity (Wildman–Crippen MR) is 111 cm³/mol. The summed E-state index contributed by atoms with van der Waals surface area (Å²) in [5.41, 5.74) is -0.279. The van der Waals surface area contributed by atoms with E-state index >= 15 is 0 Å². The molecular weight excluding hydrogens is 384 g/mol. The van der Waals surface area contributed by atoms with Gasteiger partial charge in [-0.2, -0.15) is 0 Å². The minimum atomic E-state index is -0.780. The lowest BCUT2D eigenvalue weighted by atomic mass is 9.87. The van der Waals surface area contributed by atoms with E-state index in [-0.39, 0.29) is 23.9 Å². The summed E-state index contributed by atoms with van der Waals surface area (Å²) in [7, 11) is 1.54. The fourth-order valence-corrected chi connectivity index (χ4v) is 4.90. The van der Waals surface area contributed by atoms with Crippen molar-refractivity contribution in [1.29, 1.82) is 0 Å². The zero-order valence-corrected chi connectivity index (χ0v) is 17.7. The molecule has 8 nitrogen and oxygen atoms in total. The minimum Gasteiger partial charge on any atom is -0.496 e. The Morgan fingerprint density at radius 2 is 1.93 bits per heavy atom. The van der Waals surface area contributed by atoms with Gasteiger partial charge in [-0.3, -0.25) is 14.5 Å². The topological polar surface area (TPSA) is 82.2 Å². The lowest BCUT2D eigenvalue weighted by molar-refractivity contribution is -0.135. The third-order valence-corrected chi connectivity index (χ3v) is 6.74. The van der Waals surface area contributed by atoms with Crippen molar-refractivity contribution in [3.8, 4) is 5.75 Å². The molecular formula is C22H30N4O4. The van der Waals surface area contributed by atoms with E-state index in [9.17, 15) is 14.4 Å². The van der Waals surface area contributed by atoms with E-state index in [2.05, 4.69) is 17.1 Å². The van der Waals surface area contributed by atoms with Gasteiger partial charge < -0.3 is 19.9 Å². The molecule has 3 saturated heterocycles. The van der Waals surface area contributed by atoms with Crippen molar-refractivity contribution in [2.24, 2.45) is 0 Å². The van der Waals surface area contributed by atoms with E-state index in [1.807, 2.05) is 6.07 Å².